The van der Waals surface area contributed by atoms with E-state index in [1.165, 1.54) is 7.11 Å². The fraction of sp³-hybridized carbons (Fsp3) is 0.417. The van der Waals surface area contributed by atoms with E-state index < -0.39 is 4.92 Å². The lowest BCUT2D eigenvalue weighted by Crippen LogP contribution is -2.29. The van der Waals surface area contributed by atoms with Crippen molar-refractivity contribution < 1.29 is 9.66 Å². The second kappa shape index (κ2) is 5.87. The van der Waals surface area contributed by atoms with Crippen molar-refractivity contribution in [1.82, 2.24) is 0 Å². The van der Waals surface area contributed by atoms with Crippen molar-refractivity contribution in [2.45, 2.75) is 19.4 Å². The summed E-state index contributed by atoms with van der Waals surface area (Å²) in [5.74, 6) is 0.216. The Morgan fingerprint density at radius 1 is 1.61 bits per heavy atom. The molecule has 0 bridgehead atoms. The Morgan fingerprint density at radius 2 is 2.28 bits per heavy atom. The van der Waals surface area contributed by atoms with Gasteiger partial charge in [0, 0.05) is 13.1 Å². The van der Waals surface area contributed by atoms with Crippen molar-refractivity contribution in [2.24, 2.45) is 0 Å². The second-order valence-electron chi connectivity index (χ2n) is 3.91. The highest BCUT2D eigenvalue weighted by Gasteiger charge is 2.24. The summed E-state index contributed by atoms with van der Waals surface area (Å²) in [6.07, 6.45) is 0.296. The lowest BCUT2D eigenvalue weighted by atomic mass is 10.1. The van der Waals surface area contributed by atoms with Gasteiger partial charge in [-0.05, 0) is 19.1 Å². The Hall–Kier alpha value is -2.29. The summed E-state index contributed by atoms with van der Waals surface area (Å²) in [5, 5.41) is 19.8. The fourth-order valence-corrected chi connectivity index (χ4v) is 1.65. The number of para-hydroxylation sites is 1. The molecule has 0 heterocycles. The molecule has 1 rings (SSSR count). The van der Waals surface area contributed by atoms with Crippen LogP contribution < -0.4 is 9.64 Å². The van der Waals surface area contributed by atoms with Crippen LogP contribution in [0, 0.1) is 21.4 Å². The highest BCUT2D eigenvalue weighted by atomic mass is 16.6. The number of ether oxygens (including phenoxy) is 1. The van der Waals surface area contributed by atoms with E-state index in [2.05, 4.69) is 6.07 Å². The Bertz CT molecular complexity index is 482. The first-order valence-corrected chi connectivity index (χ1v) is 5.44. The van der Waals surface area contributed by atoms with E-state index in [-0.39, 0.29) is 17.5 Å². The molecule has 0 aliphatic rings. The maximum absolute atomic E-state index is 11.1. The second-order valence-corrected chi connectivity index (χ2v) is 3.91. The van der Waals surface area contributed by atoms with Crippen molar-refractivity contribution in [1.29, 1.82) is 5.26 Å². The third kappa shape index (κ3) is 2.69. The van der Waals surface area contributed by atoms with Crippen LogP contribution in [0.4, 0.5) is 11.4 Å². The van der Waals surface area contributed by atoms with Gasteiger partial charge >= 0.3 is 5.69 Å². The number of nitro benzene ring substituents is 1. The van der Waals surface area contributed by atoms with Gasteiger partial charge in [0.1, 0.15) is 5.69 Å². The molecule has 0 radical (unpaired) electrons. The van der Waals surface area contributed by atoms with E-state index in [9.17, 15) is 10.1 Å². The first kappa shape index (κ1) is 13.8. The zero-order valence-electron chi connectivity index (χ0n) is 10.6. The molecule has 6 nitrogen and oxygen atoms in total. The van der Waals surface area contributed by atoms with E-state index in [4.69, 9.17) is 10.00 Å². The van der Waals surface area contributed by atoms with Gasteiger partial charge in [-0.1, -0.05) is 6.07 Å². The number of hydrogen-bond acceptors (Lipinski definition) is 5. The molecular formula is C12H15N3O3. The summed E-state index contributed by atoms with van der Waals surface area (Å²) in [6, 6.07) is 6.83. The minimum atomic E-state index is -0.468. The van der Waals surface area contributed by atoms with E-state index in [0.717, 1.165) is 0 Å². The van der Waals surface area contributed by atoms with Crippen LogP contribution in [0.15, 0.2) is 18.2 Å². The standard InChI is InChI=1S/C12H15N3O3/c1-9(7-8-13)14(2)10-5-4-6-11(18-3)12(10)15(16)17/h4-6,9H,7H2,1-3H3. The SMILES string of the molecule is COc1cccc(N(C)C(C)CC#N)c1[N+](=O)[O-]. The molecular weight excluding hydrogens is 234 g/mol. The molecule has 0 amide bonds. The topological polar surface area (TPSA) is 79.4 Å². The lowest BCUT2D eigenvalue weighted by molar-refractivity contribution is -0.385. The van der Waals surface area contributed by atoms with Crippen molar-refractivity contribution >= 4 is 11.4 Å². The van der Waals surface area contributed by atoms with Gasteiger partial charge in [0.15, 0.2) is 5.75 Å². The van der Waals surface area contributed by atoms with E-state index >= 15 is 0 Å². The Kier molecular flexibility index (Phi) is 4.49. The number of anilines is 1. The van der Waals surface area contributed by atoms with E-state index in [1.807, 2.05) is 6.92 Å². The highest BCUT2D eigenvalue weighted by molar-refractivity contribution is 5.69. The van der Waals surface area contributed by atoms with Gasteiger partial charge in [0.2, 0.25) is 0 Å². The molecule has 0 aliphatic heterocycles. The van der Waals surface area contributed by atoms with Crippen LogP contribution >= 0.6 is 0 Å². The van der Waals surface area contributed by atoms with Gasteiger partial charge in [-0.25, -0.2) is 0 Å². The molecule has 0 saturated heterocycles. The van der Waals surface area contributed by atoms with Crippen molar-refractivity contribution in [3.8, 4) is 11.8 Å². The summed E-state index contributed by atoms with van der Waals surface area (Å²) in [6.45, 7) is 1.84. The van der Waals surface area contributed by atoms with Crippen molar-refractivity contribution in [2.75, 3.05) is 19.1 Å². The number of rotatable bonds is 5. The number of methoxy groups -OCH3 is 1. The maximum Gasteiger partial charge on any atom is 0.333 e. The fourth-order valence-electron chi connectivity index (χ4n) is 1.65. The highest BCUT2D eigenvalue weighted by Crippen LogP contribution is 2.37. The van der Waals surface area contributed by atoms with Gasteiger partial charge in [0.25, 0.3) is 0 Å². The first-order chi connectivity index (χ1) is 8.52. The quantitative estimate of drug-likeness (QED) is 0.591. The third-order valence-electron chi connectivity index (χ3n) is 2.81. The van der Waals surface area contributed by atoms with Crippen LogP contribution in [0.5, 0.6) is 5.75 Å². The van der Waals surface area contributed by atoms with Gasteiger partial charge in [0.05, 0.1) is 24.5 Å². The average Bonchev–Trinajstić information content (AvgIpc) is 2.36. The molecule has 1 unspecified atom stereocenters. The number of nitro groups is 1. The molecule has 0 aromatic heterocycles. The predicted molar refractivity (Wildman–Crippen MR) is 67.7 cm³/mol. The molecule has 6 heteroatoms. The maximum atomic E-state index is 11.1. The smallest absolute Gasteiger partial charge is 0.333 e. The third-order valence-corrected chi connectivity index (χ3v) is 2.81. The molecule has 0 N–H and O–H groups in total. The molecule has 18 heavy (non-hydrogen) atoms. The minimum absolute atomic E-state index is 0.0766. The number of nitriles is 1. The molecule has 0 saturated carbocycles. The first-order valence-electron chi connectivity index (χ1n) is 5.44. The zero-order chi connectivity index (χ0) is 13.7. The van der Waals surface area contributed by atoms with Gasteiger partial charge < -0.3 is 9.64 Å². The van der Waals surface area contributed by atoms with Crippen LogP contribution in [-0.2, 0) is 0 Å². The average molecular weight is 249 g/mol. The van der Waals surface area contributed by atoms with Crippen LogP contribution in [0.2, 0.25) is 0 Å². The predicted octanol–water partition coefficient (Wildman–Crippen LogP) is 2.34. The number of nitrogens with zero attached hydrogens (tertiary/aromatic N) is 3. The summed E-state index contributed by atoms with van der Waals surface area (Å²) >= 11 is 0. The summed E-state index contributed by atoms with van der Waals surface area (Å²) in [4.78, 5) is 12.4. The molecule has 96 valence electrons. The van der Waals surface area contributed by atoms with Gasteiger partial charge in [-0.2, -0.15) is 5.26 Å². The Labute approximate surface area is 106 Å². The van der Waals surface area contributed by atoms with Gasteiger partial charge in [-0.3, -0.25) is 10.1 Å². The molecule has 1 aromatic rings. The Morgan fingerprint density at radius 3 is 2.78 bits per heavy atom. The normalized spacial score (nSPS) is 11.4. The molecule has 0 fully saturated rings. The molecule has 1 aromatic carbocycles. The van der Waals surface area contributed by atoms with Crippen LogP contribution in [0.1, 0.15) is 13.3 Å². The summed E-state index contributed by atoms with van der Waals surface area (Å²) in [5.41, 5.74) is 0.370. The molecule has 0 spiro atoms. The van der Waals surface area contributed by atoms with E-state index in [1.54, 1.807) is 30.1 Å². The zero-order valence-corrected chi connectivity index (χ0v) is 10.6. The summed E-state index contributed by atoms with van der Waals surface area (Å²) < 4.78 is 5.00. The van der Waals surface area contributed by atoms with Crippen LogP contribution in [0.3, 0.4) is 0 Å². The Balaban J connectivity index is 3.24. The minimum Gasteiger partial charge on any atom is -0.490 e. The summed E-state index contributed by atoms with van der Waals surface area (Å²) in [7, 11) is 3.12. The van der Waals surface area contributed by atoms with Crippen molar-refractivity contribution in [3.63, 3.8) is 0 Å². The van der Waals surface area contributed by atoms with Crippen molar-refractivity contribution in [3.05, 3.63) is 28.3 Å². The lowest BCUT2D eigenvalue weighted by Gasteiger charge is -2.25. The molecule has 1 atom stereocenters. The number of benzene rings is 1. The van der Waals surface area contributed by atoms with Crippen LogP contribution in [-0.4, -0.2) is 25.1 Å². The largest absolute Gasteiger partial charge is 0.490 e. The van der Waals surface area contributed by atoms with E-state index in [0.29, 0.717) is 12.1 Å². The molecule has 0 aliphatic carbocycles. The van der Waals surface area contributed by atoms with Gasteiger partial charge in [-0.15, -0.1) is 0 Å². The van der Waals surface area contributed by atoms with Crippen LogP contribution in [0.25, 0.3) is 0 Å². The monoisotopic (exact) mass is 249 g/mol. The number of hydrogen-bond donors (Lipinski definition) is 0.